The van der Waals surface area contributed by atoms with Gasteiger partial charge in [0.25, 0.3) is 5.91 Å². The fraction of sp³-hybridized carbons (Fsp3) is 0.500. The van der Waals surface area contributed by atoms with Gasteiger partial charge in [-0.25, -0.2) is 0 Å². The van der Waals surface area contributed by atoms with Crippen LogP contribution in [0.2, 0.25) is 0 Å². The van der Waals surface area contributed by atoms with Gasteiger partial charge in [-0.1, -0.05) is 5.16 Å². The molecular formula is C10H16N6O2. The Kier molecular flexibility index (Phi) is 3.78. The first-order valence-corrected chi connectivity index (χ1v) is 5.67. The van der Waals surface area contributed by atoms with E-state index >= 15 is 0 Å². The molecule has 0 aliphatic carbocycles. The van der Waals surface area contributed by atoms with Crippen LogP contribution in [0.4, 0.5) is 0 Å². The lowest BCUT2D eigenvalue weighted by Crippen LogP contribution is -2.50. The molecular weight excluding hydrogens is 236 g/mol. The van der Waals surface area contributed by atoms with Crippen LogP contribution in [0.15, 0.2) is 17.5 Å². The summed E-state index contributed by atoms with van der Waals surface area (Å²) in [7, 11) is 0. The molecule has 1 aromatic heterocycles. The van der Waals surface area contributed by atoms with Gasteiger partial charge in [-0.3, -0.25) is 14.8 Å². The van der Waals surface area contributed by atoms with Crippen LogP contribution >= 0.6 is 0 Å². The smallest absolute Gasteiger partial charge is 0.257 e. The zero-order valence-corrected chi connectivity index (χ0v) is 9.91. The van der Waals surface area contributed by atoms with E-state index in [4.69, 9.17) is 10.9 Å². The van der Waals surface area contributed by atoms with Gasteiger partial charge in [-0.2, -0.15) is 5.10 Å². The number of amidine groups is 1. The van der Waals surface area contributed by atoms with Gasteiger partial charge in [0.15, 0.2) is 5.84 Å². The monoisotopic (exact) mass is 252 g/mol. The lowest BCUT2D eigenvalue weighted by molar-refractivity contribution is 0.0653. The molecule has 1 aromatic rings. The van der Waals surface area contributed by atoms with Crippen LogP contribution in [0, 0.1) is 0 Å². The summed E-state index contributed by atoms with van der Waals surface area (Å²) < 4.78 is 0. The van der Waals surface area contributed by atoms with Crippen LogP contribution in [0.3, 0.4) is 0 Å². The molecule has 0 radical (unpaired) electrons. The minimum atomic E-state index is -0.0211. The van der Waals surface area contributed by atoms with Crippen LogP contribution in [0.25, 0.3) is 0 Å². The fourth-order valence-corrected chi connectivity index (χ4v) is 1.92. The van der Waals surface area contributed by atoms with Crippen molar-refractivity contribution in [1.29, 1.82) is 0 Å². The van der Waals surface area contributed by atoms with Crippen LogP contribution < -0.4 is 5.73 Å². The third kappa shape index (κ3) is 2.77. The Morgan fingerprint density at radius 2 is 2.22 bits per heavy atom. The molecule has 0 atom stereocenters. The highest BCUT2D eigenvalue weighted by Crippen LogP contribution is 2.07. The van der Waals surface area contributed by atoms with Crippen LogP contribution in [-0.2, 0) is 0 Å². The lowest BCUT2D eigenvalue weighted by Gasteiger charge is -2.34. The number of amides is 1. The molecule has 4 N–H and O–H groups in total. The topological polar surface area (TPSA) is 111 Å². The SMILES string of the molecule is NC(CN1CCN(C(=O)c2cn[nH]c2)CC1)=NO. The van der Waals surface area contributed by atoms with Gasteiger partial charge < -0.3 is 15.8 Å². The summed E-state index contributed by atoms with van der Waals surface area (Å²) in [6.45, 7) is 3.09. The highest BCUT2D eigenvalue weighted by molar-refractivity contribution is 5.93. The fourth-order valence-electron chi connectivity index (χ4n) is 1.92. The van der Waals surface area contributed by atoms with Crippen molar-refractivity contribution in [1.82, 2.24) is 20.0 Å². The van der Waals surface area contributed by atoms with Crippen molar-refractivity contribution >= 4 is 11.7 Å². The van der Waals surface area contributed by atoms with E-state index in [0.717, 1.165) is 0 Å². The van der Waals surface area contributed by atoms with Gasteiger partial charge in [0.1, 0.15) is 0 Å². The molecule has 1 fully saturated rings. The van der Waals surface area contributed by atoms with Gasteiger partial charge in [-0.05, 0) is 0 Å². The normalized spacial score (nSPS) is 18.0. The molecule has 0 bridgehead atoms. The van der Waals surface area contributed by atoms with Crippen molar-refractivity contribution in [3.8, 4) is 0 Å². The number of aromatic amines is 1. The summed E-state index contributed by atoms with van der Waals surface area (Å²) >= 11 is 0. The molecule has 0 unspecified atom stereocenters. The first-order valence-electron chi connectivity index (χ1n) is 5.67. The van der Waals surface area contributed by atoms with Crippen molar-refractivity contribution in [2.24, 2.45) is 10.9 Å². The molecule has 2 heterocycles. The molecule has 1 amide bonds. The molecule has 0 saturated carbocycles. The highest BCUT2D eigenvalue weighted by Gasteiger charge is 2.22. The maximum absolute atomic E-state index is 12.0. The summed E-state index contributed by atoms with van der Waals surface area (Å²) in [6, 6.07) is 0. The number of nitrogens with one attached hydrogen (secondary N) is 1. The molecule has 18 heavy (non-hydrogen) atoms. The molecule has 1 aliphatic rings. The number of aromatic nitrogens is 2. The number of oxime groups is 1. The predicted molar refractivity (Wildman–Crippen MR) is 64.3 cm³/mol. The van der Waals surface area contributed by atoms with E-state index in [1.54, 1.807) is 11.1 Å². The van der Waals surface area contributed by atoms with Crippen molar-refractivity contribution in [3.63, 3.8) is 0 Å². The Morgan fingerprint density at radius 3 is 2.78 bits per heavy atom. The van der Waals surface area contributed by atoms with E-state index < -0.39 is 0 Å². The minimum Gasteiger partial charge on any atom is -0.409 e. The number of piperazine rings is 1. The van der Waals surface area contributed by atoms with E-state index in [2.05, 4.69) is 15.4 Å². The second-order valence-electron chi connectivity index (χ2n) is 4.15. The molecule has 98 valence electrons. The van der Waals surface area contributed by atoms with Gasteiger partial charge >= 0.3 is 0 Å². The number of hydrogen-bond donors (Lipinski definition) is 3. The third-order valence-corrected chi connectivity index (χ3v) is 2.92. The molecule has 0 aromatic carbocycles. The van der Waals surface area contributed by atoms with Crippen molar-refractivity contribution in [3.05, 3.63) is 18.0 Å². The van der Waals surface area contributed by atoms with E-state index in [9.17, 15) is 4.79 Å². The predicted octanol–water partition coefficient (Wildman–Crippen LogP) is -1.09. The summed E-state index contributed by atoms with van der Waals surface area (Å²) in [6.07, 6.45) is 3.11. The maximum Gasteiger partial charge on any atom is 0.257 e. The molecule has 8 heteroatoms. The summed E-state index contributed by atoms with van der Waals surface area (Å²) in [4.78, 5) is 15.8. The molecule has 1 aliphatic heterocycles. The minimum absolute atomic E-state index is 0.0211. The highest BCUT2D eigenvalue weighted by atomic mass is 16.4. The average molecular weight is 252 g/mol. The first-order chi connectivity index (χ1) is 8.70. The van der Waals surface area contributed by atoms with Crippen LogP contribution in [-0.4, -0.2) is 69.7 Å². The number of rotatable bonds is 3. The van der Waals surface area contributed by atoms with E-state index in [-0.39, 0.29) is 11.7 Å². The van der Waals surface area contributed by atoms with E-state index in [1.165, 1.54) is 6.20 Å². The van der Waals surface area contributed by atoms with Gasteiger partial charge in [-0.15, -0.1) is 0 Å². The molecule has 0 spiro atoms. The summed E-state index contributed by atoms with van der Waals surface area (Å²) in [5, 5.41) is 17.8. The standard InChI is InChI=1S/C10H16N6O2/c11-9(14-18)7-15-1-3-16(4-2-15)10(17)8-5-12-13-6-8/h5-6,18H,1-4,7H2,(H2,11,14)(H,12,13). The Morgan fingerprint density at radius 1 is 1.50 bits per heavy atom. The summed E-state index contributed by atoms with van der Waals surface area (Å²) in [5.41, 5.74) is 6.01. The molecule has 1 saturated heterocycles. The van der Waals surface area contributed by atoms with Crippen LogP contribution in [0.1, 0.15) is 10.4 Å². The van der Waals surface area contributed by atoms with Crippen molar-refractivity contribution in [2.45, 2.75) is 0 Å². The Hall–Kier alpha value is -2.09. The van der Waals surface area contributed by atoms with Crippen molar-refractivity contribution < 1.29 is 10.0 Å². The van der Waals surface area contributed by atoms with Crippen molar-refractivity contribution in [2.75, 3.05) is 32.7 Å². The lowest BCUT2D eigenvalue weighted by atomic mass is 10.2. The van der Waals surface area contributed by atoms with Gasteiger partial charge in [0.2, 0.25) is 0 Å². The molecule has 2 rings (SSSR count). The first kappa shape index (κ1) is 12.4. The number of carbonyl (C=O) groups excluding carboxylic acids is 1. The number of hydrogen-bond acceptors (Lipinski definition) is 5. The third-order valence-electron chi connectivity index (χ3n) is 2.92. The summed E-state index contributed by atoms with van der Waals surface area (Å²) in [5.74, 6) is 0.164. The van der Waals surface area contributed by atoms with E-state index in [1.807, 2.05) is 4.90 Å². The largest absolute Gasteiger partial charge is 0.409 e. The number of carbonyl (C=O) groups is 1. The quantitative estimate of drug-likeness (QED) is 0.274. The van der Waals surface area contributed by atoms with E-state index in [0.29, 0.717) is 38.3 Å². The van der Waals surface area contributed by atoms with Gasteiger partial charge in [0.05, 0.1) is 18.3 Å². The Labute approximate surface area is 104 Å². The number of nitrogens with zero attached hydrogens (tertiary/aromatic N) is 4. The average Bonchev–Trinajstić information content (AvgIpc) is 2.92. The van der Waals surface area contributed by atoms with Crippen LogP contribution in [0.5, 0.6) is 0 Å². The Balaban J connectivity index is 1.85. The van der Waals surface area contributed by atoms with Gasteiger partial charge in [0, 0.05) is 32.4 Å². The Bertz CT molecular complexity index is 422. The number of H-pyrrole nitrogens is 1. The maximum atomic E-state index is 12.0. The number of nitrogens with two attached hydrogens (primary N) is 1. The molecule has 8 nitrogen and oxygen atoms in total. The second-order valence-corrected chi connectivity index (χ2v) is 4.15. The zero-order valence-electron chi connectivity index (χ0n) is 9.91. The zero-order chi connectivity index (χ0) is 13.0. The second kappa shape index (κ2) is 5.50.